The lowest BCUT2D eigenvalue weighted by molar-refractivity contribution is -0.0400. The molecule has 4 unspecified atom stereocenters. The Balaban J connectivity index is 2.64. The second kappa shape index (κ2) is 8.23. The summed E-state index contributed by atoms with van der Waals surface area (Å²) in [5, 5.41) is 0. The fourth-order valence-electron chi connectivity index (χ4n) is 2.36. The Kier molecular flexibility index (Phi) is 7.65. The monoisotopic (exact) mass is 320 g/mol. The minimum Gasteiger partial charge on any atom is -0.375 e. The zero-order chi connectivity index (χ0) is 15.3. The fourth-order valence-corrected chi connectivity index (χ4v) is 4.25. The molecule has 1 aliphatic carbocycles. The van der Waals surface area contributed by atoms with Crippen LogP contribution in [0.15, 0.2) is 0 Å². The average Bonchev–Trinajstić information content (AvgIpc) is 2.32. The van der Waals surface area contributed by atoms with E-state index in [4.69, 9.17) is 21.6 Å². The molecule has 0 bridgehead atoms. The number of hydrogen-bond acceptors (Lipinski definition) is 5. The first-order chi connectivity index (χ1) is 9.25. The van der Waals surface area contributed by atoms with Crippen molar-refractivity contribution in [3.05, 3.63) is 0 Å². The van der Waals surface area contributed by atoms with E-state index in [0.717, 1.165) is 12.8 Å². The normalized spacial score (nSPS) is 30.6. The summed E-state index contributed by atoms with van der Waals surface area (Å²) in [6, 6.07) is 0. The molecule has 0 heterocycles. The third kappa shape index (κ3) is 6.11. The fraction of sp³-hybridized carbons (Fsp3) is 1.00. The Hall–Kier alpha value is 0.525. The number of ether oxygens (including phenoxy) is 1. The number of rotatable bonds is 7. The van der Waals surface area contributed by atoms with Crippen LogP contribution in [0.1, 0.15) is 47.0 Å². The molecule has 0 spiro atoms. The lowest BCUT2D eigenvalue weighted by Gasteiger charge is -2.36. The molecule has 0 aromatic rings. The van der Waals surface area contributed by atoms with Gasteiger partial charge in [-0.2, -0.15) is 12.6 Å². The SMILES string of the molecule is [B]C1CCC(OC(C)C)CC1OP(=O)(CS)OC(C)C. The van der Waals surface area contributed by atoms with E-state index in [1.165, 1.54) is 0 Å². The number of thiol groups is 1. The Morgan fingerprint density at radius 3 is 2.40 bits per heavy atom. The van der Waals surface area contributed by atoms with Crippen LogP contribution in [0.25, 0.3) is 0 Å². The van der Waals surface area contributed by atoms with E-state index in [2.05, 4.69) is 12.6 Å². The molecule has 1 rings (SSSR count). The molecule has 0 aliphatic heterocycles. The van der Waals surface area contributed by atoms with Crippen LogP contribution in [0.3, 0.4) is 0 Å². The molecule has 0 aromatic carbocycles. The third-order valence-corrected chi connectivity index (χ3v) is 5.82. The predicted molar refractivity (Wildman–Crippen MR) is 85.9 cm³/mol. The maximum atomic E-state index is 12.5. The van der Waals surface area contributed by atoms with E-state index in [1.807, 2.05) is 27.7 Å². The summed E-state index contributed by atoms with van der Waals surface area (Å²) in [6.07, 6.45) is 2.16. The van der Waals surface area contributed by atoms with Crippen LogP contribution in [-0.4, -0.2) is 37.8 Å². The van der Waals surface area contributed by atoms with Gasteiger partial charge < -0.3 is 13.8 Å². The van der Waals surface area contributed by atoms with Crippen molar-refractivity contribution >= 4 is 28.1 Å². The molecule has 2 radical (unpaired) electrons. The van der Waals surface area contributed by atoms with Gasteiger partial charge in [0.1, 0.15) is 0 Å². The largest absolute Gasteiger partial charge is 0.375 e. The van der Waals surface area contributed by atoms with Crippen molar-refractivity contribution in [1.29, 1.82) is 0 Å². The van der Waals surface area contributed by atoms with E-state index in [9.17, 15) is 4.57 Å². The van der Waals surface area contributed by atoms with Crippen molar-refractivity contribution in [2.45, 2.75) is 77.2 Å². The van der Waals surface area contributed by atoms with E-state index in [1.54, 1.807) is 0 Å². The molecular weight excluding hydrogens is 294 g/mol. The van der Waals surface area contributed by atoms with Gasteiger partial charge in [-0.25, -0.2) is 0 Å². The Bertz CT molecular complexity index is 340. The summed E-state index contributed by atoms with van der Waals surface area (Å²) < 4.78 is 29.5. The molecule has 1 saturated carbocycles. The zero-order valence-electron chi connectivity index (χ0n) is 12.8. The predicted octanol–water partition coefficient (Wildman–Crippen LogP) is 3.81. The first-order valence-electron chi connectivity index (χ1n) is 7.23. The first-order valence-corrected chi connectivity index (χ1v) is 9.59. The van der Waals surface area contributed by atoms with E-state index in [-0.39, 0.29) is 35.7 Å². The number of hydrogen-bond donors (Lipinski definition) is 1. The lowest BCUT2D eigenvalue weighted by Crippen LogP contribution is -2.33. The van der Waals surface area contributed by atoms with Crippen LogP contribution in [0.2, 0.25) is 5.82 Å². The van der Waals surface area contributed by atoms with Gasteiger partial charge >= 0.3 is 7.60 Å². The minimum absolute atomic E-state index is 0.0596. The van der Waals surface area contributed by atoms with Gasteiger partial charge in [-0.15, -0.1) is 0 Å². The molecule has 0 aromatic heterocycles. The van der Waals surface area contributed by atoms with Gasteiger partial charge in [0.15, 0.2) is 0 Å². The summed E-state index contributed by atoms with van der Waals surface area (Å²) in [5.41, 5.74) is 0.0596. The standard InChI is InChI=1S/C13H26BO4PS/c1-9(2)16-11-5-6-12(14)13(7-11)18-19(15,8-20)17-10(3)4/h9-13,20H,5-8H2,1-4H3. The third-order valence-electron chi connectivity index (χ3n) is 3.10. The molecule has 7 heteroatoms. The van der Waals surface area contributed by atoms with Crippen LogP contribution < -0.4 is 0 Å². The van der Waals surface area contributed by atoms with Crippen molar-refractivity contribution in [2.75, 3.05) is 5.49 Å². The molecule has 4 atom stereocenters. The van der Waals surface area contributed by atoms with Crippen LogP contribution in [0.4, 0.5) is 0 Å². The van der Waals surface area contributed by atoms with Crippen molar-refractivity contribution in [3.8, 4) is 0 Å². The summed E-state index contributed by atoms with van der Waals surface area (Å²) in [4.78, 5) is 0. The second-order valence-corrected chi connectivity index (χ2v) is 8.61. The molecule has 1 aliphatic rings. The van der Waals surface area contributed by atoms with Crippen molar-refractivity contribution < 1.29 is 18.3 Å². The molecule has 116 valence electrons. The van der Waals surface area contributed by atoms with E-state index < -0.39 is 7.60 Å². The molecule has 1 fully saturated rings. The molecule has 0 amide bonds. The average molecular weight is 320 g/mol. The van der Waals surface area contributed by atoms with Gasteiger partial charge in [-0.05, 0) is 40.5 Å². The topological polar surface area (TPSA) is 44.8 Å². The van der Waals surface area contributed by atoms with Crippen molar-refractivity contribution in [3.63, 3.8) is 0 Å². The highest BCUT2D eigenvalue weighted by Gasteiger charge is 2.35. The van der Waals surface area contributed by atoms with Gasteiger partial charge in [-0.1, -0.05) is 12.2 Å². The van der Waals surface area contributed by atoms with Crippen molar-refractivity contribution in [2.24, 2.45) is 0 Å². The van der Waals surface area contributed by atoms with Gasteiger partial charge in [0.25, 0.3) is 0 Å². The molecule has 0 saturated heterocycles. The molecular formula is C13H26BO4PS. The summed E-state index contributed by atoms with van der Waals surface area (Å²) in [5.74, 6) is -0.133. The van der Waals surface area contributed by atoms with E-state index >= 15 is 0 Å². The highest BCUT2D eigenvalue weighted by molar-refractivity contribution is 7.88. The Labute approximate surface area is 129 Å². The molecule has 0 N–H and O–H groups in total. The maximum Gasteiger partial charge on any atom is 0.340 e. The van der Waals surface area contributed by atoms with Crippen LogP contribution in [0.5, 0.6) is 0 Å². The van der Waals surface area contributed by atoms with Gasteiger partial charge in [-0.3, -0.25) is 4.57 Å². The van der Waals surface area contributed by atoms with Crippen molar-refractivity contribution in [1.82, 2.24) is 0 Å². The van der Waals surface area contributed by atoms with E-state index in [0.29, 0.717) is 6.42 Å². The Morgan fingerprint density at radius 1 is 1.25 bits per heavy atom. The second-order valence-electron chi connectivity index (χ2n) is 5.83. The molecule has 4 nitrogen and oxygen atoms in total. The van der Waals surface area contributed by atoms with Gasteiger partial charge in [0, 0.05) is 0 Å². The smallest absolute Gasteiger partial charge is 0.340 e. The van der Waals surface area contributed by atoms with Gasteiger partial charge in [0.05, 0.1) is 37.8 Å². The van der Waals surface area contributed by atoms with Crippen LogP contribution in [0, 0.1) is 0 Å². The Morgan fingerprint density at radius 2 is 1.90 bits per heavy atom. The highest BCUT2D eigenvalue weighted by atomic mass is 32.1. The van der Waals surface area contributed by atoms with Gasteiger partial charge in [0.2, 0.25) is 0 Å². The maximum absolute atomic E-state index is 12.5. The van der Waals surface area contributed by atoms with Crippen LogP contribution in [-0.2, 0) is 18.3 Å². The molecule has 20 heavy (non-hydrogen) atoms. The van der Waals surface area contributed by atoms with Crippen LogP contribution >= 0.6 is 20.2 Å². The minimum atomic E-state index is -3.19. The first kappa shape index (κ1) is 18.6. The lowest BCUT2D eigenvalue weighted by atomic mass is 9.72. The summed E-state index contributed by atoms with van der Waals surface area (Å²) in [6.45, 7) is 7.66. The summed E-state index contributed by atoms with van der Waals surface area (Å²) >= 11 is 4.10. The quantitative estimate of drug-likeness (QED) is 0.440. The highest BCUT2D eigenvalue weighted by Crippen LogP contribution is 2.53. The summed E-state index contributed by atoms with van der Waals surface area (Å²) in [7, 11) is 2.89. The zero-order valence-corrected chi connectivity index (χ0v) is 14.6.